The van der Waals surface area contributed by atoms with Gasteiger partial charge in [-0.1, -0.05) is 18.2 Å². The Balaban J connectivity index is 1.63. The highest BCUT2D eigenvalue weighted by molar-refractivity contribution is 5.85. The van der Waals surface area contributed by atoms with Crippen molar-refractivity contribution < 1.29 is 14.6 Å². The number of nitrogens with zero attached hydrogens (tertiary/aromatic N) is 2. The van der Waals surface area contributed by atoms with Crippen LogP contribution < -0.4 is 10.2 Å². The summed E-state index contributed by atoms with van der Waals surface area (Å²) in [5.74, 6) is 0.181. The number of carbonyl (C=O) groups excluding carboxylic acids is 1. The molecule has 0 saturated carbocycles. The molecule has 2 aromatic carbocycles. The van der Waals surface area contributed by atoms with Crippen molar-refractivity contribution >= 4 is 23.0 Å². The Bertz CT molecular complexity index is 899. The van der Waals surface area contributed by atoms with Gasteiger partial charge in [-0.3, -0.25) is 4.79 Å². The molecule has 0 atom stereocenters. The average molecular weight is 323 g/mol. The molecule has 1 amide bonds. The minimum absolute atomic E-state index is 0.0539. The molecule has 122 valence electrons. The quantitative estimate of drug-likeness (QED) is 0.559. The molecule has 3 aromatic rings. The van der Waals surface area contributed by atoms with Crippen molar-refractivity contribution in [3.05, 3.63) is 60.3 Å². The first-order chi connectivity index (χ1) is 11.7. The monoisotopic (exact) mass is 323 g/mol. The summed E-state index contributed by atoms with van der Waals surface area (Å²) >= 11 is 0. The molecule has 0 aliphatic rings. The van der Waals surface area contributed by atoms with Crippen molar-refractivity contribution in [3.63, 3.8) is 0 Å². The summed E-state index contributed by atoms with van der Waals surface area (Å²) < 4.78 is 6.89. The molecule has 0 aliphatic heterocycles. The third-order valence-corrected chi connectivity index (χ3v) is 3.60. The highest BCUT2D eigenvalue weighted by Gasteiger charge is 2.05. The Kier molecular flexibility index (Phi) is 4.47. The van der Waals surface area contributed by atoms with Gasteiger partial charge in [0.05, 0.1) is 13.3 Å². The smallest absolute Gasteiger partial charge is 0.259 e. The summed E-state index contributed by atoms with van der Waals surface area (Å²) in [7, 11) is 1.47. The fourth-order valence-electron chi connectivity index (χ4n) is 2.42. The molecular weight excluding hydrogens is 306 g/mol. The van der Waals surface area contributed by atoms with E-state index in [9.17, 15) is 9.90 Å². The Morgan fingerprint density at radius 1 is 1.29 bits per heavy atom. The number of hydrogen-bond donors (Lipinski definition) is 2. The number of nitrogens with one attached hydrogen (secondary N) is 1. The van der Waals surface area contributed by atoms with Gasteiger partial charge in [0.15, 0.2) is 11.5 Å². The first-order valence-corrected chi connectivity index (χ1v) is 7.40. The van der Waals surface area contributed by atoms with Crippen LogP contribution in [0.25, 0.3) is 10.9 Å². The lowest BCUT2D eigenvalue weighted by atomic mass is 10.2. The third-order valence-electron chi connectivity index (χ3n) is 3.60. The fraction of sp³-hybridized carbons (Fsp3) is 0.111. The second-order valence-corrected chi connectivity index (χ2v) is 5.23. The molecule has 0 unspecified atom stereocenters. The van der Waals surface area contributed by atoms with Gasteiger partial charge in [0, 0.05) is 11.7 Å². The van der Waals surface area contributed by atoms with Crippen LogP contribution >= 0.6 is 0 Å². The lowest BCUT2D eigenvalue weighted by Crippen LogP contribution is -2.22. The molecular formula is C18H17N3O3. The number of aromatic hydroxyl groups is 1. The molecule has 0 saturated heterocycles. The zero-order valence-corrected chi connectivity index (χ0v) is 13.1. The lowest BCUT2D eigenvalue weighted by molar-refractivity contribution is -0.121. The van der Waals surface area contributed by atoms with E-state index in [1.165, 1.54) is 19.4 Å². The van der Waals surface area contributed by atoms with Gasteiger partial charge < -0.3 is 14.4 Å². The number of para-hydroxylation sites is 1. The van der Waals surface area contributed by atoms with E-state index < -0.39 is 0 Å². The van der Waals surface area contributed by atoms with Crippen molar-refractivity contribution in [1.29, 1.82) is 0 Å². The number of amides is 1. The number of rotatable bonds is 5. The SMILES string of the molecule is COc1cc(/C=N/NC(=O)Cn2ccc3ccccc32)ccc1O. The van der Waals surface area contributed by atoms with Crippen molar-refractivity contribution in [2.24, 2.45) is 5.10 Å². The van der Waals surface area contributed by atoms with E-state index in [2.05, 4.69) is 10.5 Å². The van der Waals surface area contributed by atoms with E-state index in [1.807, 2.05) is 41.1 Å². The van der Waals surface area contributed by atoms with Gasteiger partial charge in [0.2, 0.25) is 0 Å². The highest BCUT2D eigenvalue weighted by Crippen LogP contribution is 2.25. The number of phenolic OH excluding ortho intramolecular Hbond substituents is 1. The molecule has 0 radical (unpaired) electrons. The minimum Gasteiger partial charge on any atom is -0.504 e. The van der Waals surface area contributed by atoms with E-state index >= 15 is 0 Å². The van der Waals surface area contributed by atoms with Crippen LogP contribution in [0.4, 0.5) is 0 Å². The first-order valence-electron chi connectivity index (χ1n) is 7.40. The van der Waals surface area contributed by atoms with E-state index in [0.29, 0.717) is 11.3 Å². The van der Waals surface area contributed by atoms with Crippen molar-refractivity contribution in [2.45, 2.75) is 6.54 Å². The Morgan fingerprint density at radius 3 is 2.96 bits per heavy atom. The van der Waals surface area contributed by atoms with E-state index in [4.69, 9.17) is 4.74 Å². The highest BCUT2D eigenvalue weighted by atomic mass is 16.5. The third kappa shape index (κ3) is 3.38. The number of hydrogen-bond acceptors (Lipinski definition) is 4. The number of benzene rings is 2. The van der Waals surface area contributed by atoms with Crippen LogP contribution in [0.15, 0.2) is 59.8 Å². The van der Waals surface area contributed by atoms with Crippen molar-refractivity contribution in [1.82, 2.24) is 9.99 Å². The van der Waals surface area contributed by atoms with Gasteiger partial charge in [-0.15, -0.1) is 0 Å². The number of aromatic nitrogens is 1. The molecule has 6 nitrogen and oxygen atoms in total. The second-order valence-electron chi connectivity index (χ2n) is 5.23. The summed E-state index contributed by atoms with van der Waals surface area (Å²) in [5.41, 5.74) is 4.20. The zero-order chi connectivity index (χ0) is 16.9. The second kappa shape index (κ2) is 6.87. The number of phenols is 1. The standard InChI is InChI=1S/C18H17N3O3/c1-24-17-10-13(6-7-16(17)22)11-19-20-18(23)12-21-9-8-14-4-2-3-5-15(14)21/h2-11,22H,12H2,1H3,(H,20,23)/b19-11+. The maximum Gasteiger partial charge on any atom is 0.259 e. The van der Waals surface area contributed by atoms with Crippen LogP contribution in [0.2, 0.25) is 0 Å². The van der Waals surface area contributed by atoms with Gasteiger partial charge in [-0.05, 0) is 41.3 Å². The summed E-state index contributed by atoms with van der Waals surface area (Å²) in [5, 5.41) is 14.6. The van der Waals surface area contributed by atoms with Gasteiger partial charge in [0.1, 0.15) is 6.54 Å². The van der Waals surface area contributed by atoms with Crippen LogP contribution in [-0.2, 0) is 11.3 Å². The summed E-state index contributed by atoms with van der Waals surface area (Å²) in [6.45, 7) is 0.184. The van der Waals surface area contributed by atoms with Gasteiger partial charge in [0.25, 0.3) is 5.91 Å². The Hall–Kier alpha value is -3.28. The lowest BCUT2D eigenvalue weighted by Gasteiger charge is -2.05. The topological polar surface area (TPSA) is 75.8 Å². The van der Waals surface area contributed by atoms with Crippen LogP contribution in [0.5, 0.6) is 11.5 Å². The average Bonchev–Trinajstić information content (AvgIpc) is 2.99. The van der Waals surface area contributed by atoms with Gasteiger partial charge >= 0.3 is 0 Å². The van der Waals surface area contributed by atoms with Crippen LogP contribution in [0.3, 0.4) is 0 Å². The Labute approximate surface area is 139 Å². The molecule has 2 N–H and O–H groups in total. The van der Waals surface area contributed by atoms with Crippen LogP contribution in [0.1, 0.15) is 5.56 Å². The van der Waals surface area contributed by atoms with E-state index in [0.717, 1.165) is 10.9 Å². The fourth-order valence-corrected chi connectivity index (χ4v) is 2.42. The molecule has 0 fully saturated rings. The van der Waals surface area contributed by atoms with Crippen molar-refractivity contribution in [3.8, 4) is 11.5 Å². The zero-order valence-electron chi connectivity index (χ0n) is 13.1. The number of fused-ring (bicyclic) bond motifs is 1. The number of carbonyl (C=O) groups is 1. The molecule has 6 heteroatoms. The van der Waals surface area contributed by atoms with E-state index in [1.54, 1.807) is 12.1 Å². The van der Waals surface area contributed by atoms with Gasteiger partial charge in [-0.25, -0.2) is 5.43 Å². The number of ether oxygens (including phenoxy) is 1. The maximum absolute atomic E-state index is 12.0. The molecule has 1 heterocycles. The predicted molar refractivity (Wildman–Crippen MR) is 92.3 cm³/mol. The molecule has 1 aromatic heterocycles. The summed E-state index contributed by atoms with van der Waals surface area (Å²) in [6.07, 6.45) is 3.37. The molecule has 0 spiro atoms. The number of hydrazone groups is 1. The maximum atomic E-state index is 12.0. The first kappa shape index (κ1) is 15.6. The Morgan fingerprint density at radius 2 is 2.12 bits per heavy atom. The van der Waals surface area contributed by atoms with Gasteiger partial charge in [-0.2, -0.15) is 5.10 Å². The largest absolute Gasteiger partial charge is 0.504 e. The molecule has 0 bridgehead atoms. The molecule has 24 heavy (non-hydrogen) atoms. The van der Waals surface area contributed by atoms with Crippen LogP contribution in [0, 0.1) is 0 Å². The van der Waals surface area contributed by atoms with Crippen molar-refractivity contribution in [2.75, 3.05) is 7.11 Å². The molecule has 3 rings (SSSR count). The summed E-state index contributed by atoms with van der Waals surface area (Å²) in [6, 6.07) is 14.6. The van der Waals surface area contributed by atoms with E-state index in [-0.39, 0.29) is 18.2 Å². The predicted octanol–water partition coefficient (Wildman–Crippen LogP) is 2.51. The summed E-state index contributed by atoms with van der Waals surface area (Å²) in [4.78, 5) is 12.0. The number of methoxy groups -OCH3 is 1. The normalized spacial score (nSPS) is 11.0. The minimum atomic E-state index is -0.224. The molecule has 0 aliphatic carbocycles. The van der Waals surface area contributed by atoms with Crippen LogP contribution in [-0.4, -0.2) is 28.9 Å².